The third-order valence-corrected chi connectivity index (χ3v) is 3.37. The summed E-state index contributed by atoms with van der Waals surface area (Å²) < 4.78 is 13.4. The Balaban J connectivity index is 2.80. The van der Waals surface area contributed by atoms with Crippen LogP contribution in [0.5, 0.6) is 0 Å². The molecule has 3 heteroatoms. The molecule has 0 spiro atoms. The van der Waals surface area contributed by atoms with Gasteiger partial charge in [0.25, 0.3) is 0 Å². The van der Waals surface area contributed by atoms with E-state index < -0.39 is 5.82 Å². The molecule has 2 nitrogen and oxygen atoms in total. The van der Waals surface area contributed by atoms with Gasteiger partial charge in [-0.25, -0.2) is 4.39 Å². The Hall–Kier alpha value is -1.56. The second-order valence-electron chi connectivity index (χ2n) is 5.31. The van der Waals surface area contributed by atoms with E-state index in [1.165, 1.54) is 6.07 Å². The predicted octanol–water partition coefficient (Wildman–Crippen LogP) is 4.04. The third kappa shape index (κ3) is 3.46. The van der Waals surface area contributed by atoms with Gasteiger partial charge in [0.2, 0.25) is 0 Å². The van der Waals surface area contributed by atoms with Crippen LogP contribution in [0.2, 0.25) is 0 Å². The lowest BCUT2D eigenvalue weighted by atomic mass is 9.85. The van der Waals surface area contributed by atoms with Gasteiger partial charge in [0.05, 0.1) is 5.69 Å². The summed E-state index contributed by atoms with van der Waals surface area (Å²) in [5.74, 6) is 1.14. The second kappa shape index (κ2) is 6.39. The number of nitrogens with one attached hydrogen (secondary N) is 1. The number of anilines is 1. The molecular formula is C15H21FN2. The summed E-state index contributed by atoms with van der Waals surface area (Å²) in [4.78, 5) is 0. The Morgan fingerprint density at radius 2 is 1.83 bits per heavy atom. The molecule has 0 aliphatic carbocycles. The quantitative estimate of drug-likeness (QED) is 0.853. The number of halogens is 1. The molecule has 1 rings (SSSR count). The van der Waals surface area contributed by atoms with Gasteiger partial charge < -0.3 is 5.32 Å². The summed E-state index contributed by atoms with van der Waals surface area (Å²) in [6.07, 6.45) is 0. The van der Waals surface area contributed by atoms with Crippen LogP contribution in [0.3, 0.4) is 0 Å². The van der Waals surface area contributed by atoms with E-state index in [4.69, 9.17) is 5.26 Å². The molecule has 0 saturated carbocycles. The van der Waals surface area contributed by atoms with E-state index in [1.54, 1.807) is 12.1 Å². The zero-order valence-electron chi connectivity index (χ0n) is 11.5. The van der Waals surface area contributed by atoms with Crippen molar-refractivity contribution in [2.45, 2.75) is 27.7 Å². The van der Waals surface area contributed by atoms with E-state index in [1.807, 2.05) is 6.07 Å². The standard InChI is InChI=1S/C15H21FN2/c1-10(2)13(11(3)4)9-18-15-7-5-6-14(16)12(15)8-17/h5-7,10-11,13,18H,9H2,1-4H3. The summed E-state index contributed by atoms with van der Waals surface area (Å²) in [6.45, 7) is 9.49. The number of nitrogens with zero attached hydrogens (tertiary/aromatic N) is 1. The van der Waals surface area contributed by atoms with Crippen LogP contribution in [-0.2, 0) is 0 Å². The van der Waals surface area contributed by atoms with Gasteiger partial charge in [-0.3, -0.25) is 0 Å². The van der Waals surface area contributed by atoms with Gasteiger partial charge >= 0.3 is 0 Å². The van der Waals surface area contributed by atoms with Gasteiger partial charge in [0.1, 0.15) is 17.4 Å². The topological polar surface area (TPSA) is 35.8 Å². The molecule has 0 aliphatic rings. The number of benzene rings is 1. The van der Waals surface area contributed by atoms with Gasteiger partial charge in [-0.15, -0.1) is 0 Å². The van der Waals surface area contributed by atoms with E-state index in [2.05, 4.69) is 33.0 Å². The van der Waals surface area contributed by atoms with Crippen molar-refractivity contribution in [1.29, 1.82) is 5.26 Å². The highest BCUT2D eigenvalue weighted by Gasteiger charge is 2.18. The molecule has 0 aliphatic heterocycles. The van der Waals surface area contributed by atoms with Crippen LogP contribution in [0, 0.1) is 34.9 Å². The monoisotopic (exact) mass is 248 g/mol. The molecule has 0 unspecified atom stereocenters. The minimum Gasteiger partial charge on any atom is -0.384 e. The fourth-order valence-corrected chi connectivity index (χ4v) is 2.25. The van der Waals surface area contributed by atoms with Crippen molar-refractivity contribution in [2.75, 3.05) is 11.9 Å². The molecule has 0 saturated heterocycles. The predicted molar refractivity (Wildman–Crippen MR) is 72.8 cm³/mol. The lowest BCUT2D eigenvalue weighted by Crippen LogP contribution is -2.24. The number of nitriles is 1. The van der Waals surface area contributed by atoms with E-state index in [0.29, 0.717) is 23.4 Å². The molecule has 0 heterocycles. The van der Waals surface area contributed by atoms with Gasteiger partial charge in [-0.1, -0.05) is 33.8 Å². The first-order valence-corrected chi connectivity index (χ1v) is 6.39. The molecule has 18 heavy (non-hydrogen) atoms. The van der Waals surface area contributed by atoms with Crippen LogP contribution in [0.1, 0.15) is 33.3 Å². The summed E-state index contributed by atoms with van der Waals surface area (Å²) in [5.41, 5.74) is 0.688. The molecule has 1 N–H and O–H groups in total. The van der Waals surface area contributed by atoms with E-state index >= 15 is 0 Å². The van der Waals surface area contributed by atoms with Gasteiger partial charge in [-0.2, -0.15) is 5.26 Å². The lowest BCUT2D eigenvalue weighted by molar-refractivity contribution is 0.304. The highest BCUT2D eigenvalue weighted by Crippen LogP contribution is 2.23. The maximum Gasteiger partial charge on any atom is 0.143 e. The largest absolute Gasteiger partial charge is 0.384 e. The first-order valence-electron chi connectivity index (χ1n) is 6.39. The molecule has 1 aromatic rings. The SMILES string of the molecule is CC(C)C(CNc1cccc(F)c1C#N)C(C)C. The summed E-state index contributed by atoms with van der Waals surface area (Å²) in [7, 11) is 0. The summed E-state index contributed by atoms with van der Waals surface area (Å²) in [5, 5.41) is 12.2. The van der Waals surface area contributed by atoms with Crippen LogP contribution in [-0.4, -0.2) is 6.54 Å². The fraction of sp³-hybridized carbons (Fsp3) is 0.533. The fourth-order valence-electron chi connectivity index (χ4n) is 2.25. The van der Waals surface area contributed by atoms with E-state index in [0.717, 1.165) is 6.54 Å². The number of hydrogen-bond donors (Lipinski definition) is 1. The molecular weight excluding hydrogens is 227 g/mol. The van der Waals surface area contributed by atoms with Crippen LogP contribution in [0.25, 0.3) is 0 Å². The molecule has 0 amide bonds. The van der Waals surface area contributed by atoms with E-state index in [-0.39, 0.29) is 5.56 Å². The molecule has 0 aromatic heterocycles. The maximum absolute atomic E-state index is 13.4. The van der Waals surface area contributed by atoms with Crippen LogP contribution in [0.15, 0.2) is 18.2 Å². The molecule has 0 radical (unpaired) electrons. The molecule has 1 aromatic carbocycles. The minimum absolute atomic E-state index is 0.101. The molecule has 98 valence electrons. The van der Waals surface area contributed by atoms with Gasteiger partial charge in [0.15, 0.2) is 0 Å². The molecule has 0 bridgehead atoms. The maximum atomic E-state index is 13.4. The number of rotatable bonds is 5. The van der Waals surface area contributed by atoms with Gasteiger partial charge in [0, 0.05) is 6.54 Å². The van der Waals surface area contributed by atoms with E-state index in [9.17, 15) is 4.39 Å². The molecule has 0 fully saturated rings. The Labute approximate surface area is 109 Å². The molecule has 0 atom stereocenters. The average Bonchev–Trinajstić information content (AvgIpc) is 2.28. The first kappa shape index (κ1) is 14.5. The highest BCUT2D eigenvalue weighted by atomic mass is 19.1. The van der Waals surface area contributed by atoms with Crippen molar-refractivity contribution in [1.82, 2.24) is 0 Å². The van der Waals surface area contributed by atoms with Crippen molar-refractivity contribution in [3.63, 3.8) is 0 Å². The summed E-state index contributed by atoms with van der Waals surface area (Å²) >= 11 is 0. The van der Waals surface area contributed by atoms with Crippen molar-refractivity contribution >= 4 is 5.69 Å². The number of hydrogen-bond acceptors (Lipinski definition) is 2. The summed E-state index contributed by atoms with van der Waals surface area (Å²) in [6, 6.07) is 6.59. The van der Waals surface area contributed by atoms with Crippen molar-refractivity contribution in [3.05, 3.63) is 29.6 Å². The second-order valence-corrected chi connectivity index (χ2v) is 5.31. The van der Waals surface area contributed by atoms with Crippen molar-refractivity contribution < 1.29 is 4.39 Å². The zero-order valence-corrected chi connectivity index (χ0v) is 11.5. The highest BCUT2D eigenvalue weighted by molar-refractivity contribution is 5.57. The average molecular weight is 248 g/mol. The lowest BCUT2D eigenvalue weighted by Gasteiger charge is -2.25. The van der Waals surface area contributed by atoms with Crippen LogP contribution >= 0.6 is 0 Å². The Kier molecular flexibility index (Phi) is 5.15. The Morgan fingerprint density at radius 1 is 1.22 bits per heavy atom. The first-order chi connectivity index (χ1) is 8.47. The zero-order chi connectivity index (χ0) is 13.7. The minimum atomic E-state index is -0.465. The Morgan fingerprint density at radius 3 is 2.33 bits per heavy atom. The van der Waals surface area contributed by atoms with Crippen LogP contribution < -0.4 is 5.32 Å². The van der Waals surface area contributed by atoms with Crippen molar-refractivity contribution in [2.24, 2.45) is 17.8 Å². The van der Waals surface area contributed by atoms with Gasteiger partial charge in [-0.05, 0) is 29.9 Å². The normalized spacial score (nSPS) is 11.1. The smallest absolute Gasteiger partial charge is 0.143 e. The third-order valence-electron chi connectivity index (χ3n) is 3.37. The Bertz CT molecular complexity index is 425. The van der Waals surface area contributed by atoms with Crippen LogP contribution in [0.4, 0.5) is 10.1 Å². The van der Waals surface area contributed by atoms with Crippen molar-refractivity contribution in [3.8, 4) is 6.07 Å².